The standard InChI is InChI=1S/C19H23N5O/c1-13-11-14(2)24(22-13)15-9-10-23(12-15)19(25)8-7-18-20-16-5-3-4-6-17(16)21-18/h3-6,11,15H,7-10,12H2,1-2H3,(H,20,21). The summed E-state index contributed by atoms with van der Waals surface area (Å²) in [4.78, 5) is 22.4. The van der Waals surface area contributed by atoms with Crippen LogP contribution >= 0.6 is 0 Å². The Balaban J connectivity index is 1.36. The molecule has 130 valence electrons. The Morgan fingerprint density at radius 3 is 2.92 bits per heavy atom. The van der Waals surface area contributed by atoms with Gasteiger partial charge in [0.05, 0.1) is 22.8 Å². The van der Waals surface area contributed by atoms with E-state index in [4.69, 9.17) is 0 Å². The number of fused-ring (bicyclic) bond motifs is 1. The number of amides is 1. The second kappa shape index (κ2) is 6.35. The van der Waals surface area contributed by atoms with Gasteiger partial charge in [-0.2, -0.15) is 5.10 Å². The van der Waals surface area contributed by atoms with Gasteiger partial charge >= 0.3 is 0 Å². The van der Waals surface area contributed by atoms with E-state index in [9.17, 15) is 4.79 Å². The molecular weight excluding hydrogens is 314 g/mol. The number of hydrogen-bond donors (Lipinski definition) is 1. The fourth-order valence-electron chi connectivity index (χ4n) is 3.69. The number of aryl methyl sites for hydroxylation is 3. The smallest absolute Gasteiger partial charge is 0.223 e. The SMILES string of the molecule is Cc1cc(C)n(C2CCN(C(=O)CCc3nc4ccccc4[nH]3)C2)n1. The molecular formula is C19H23N5O. The number of nitrogens with one attached hydrogen (secondary N) is 1. The molecule has 1 amide bonds. The maximum atomic E-state index is 12.6. The topological polar surface area (TPSA) is 66.8 Å². The number of para-hydroxylation sites is 2. The van der Waals surface area contributed by atoms with Crippen LogP contribution in [0.5, 0.6) is 0 Å². The molecule has 0 bridgehead atoms. The van der Waals surface area contributed by atoms with Crippen LogP contribution in [-0.4, -0.2) is 43.6 Å². The van der Waals surface area contributed by atoms with Crippen LogP contribution in [0.3, 0.4) is 0 Å². The molecule has 4 rings (SSSR count). The van der Waals surface area contributed by atoms with E-state index in [1.54, 1.807) is 0 Å². The Kier molecular flexibility index (Phi) is 4.03. The van der Waals surface area contributed by atoms with E-state index in [0.717, 1.165) is 42.1 Å². The average molecular weight is 337 g/mol. The van der Waals surface area contributed by atoms with Crippen molar-refractivity contribution in [2.24, 2.45) is 0 Å². The van der Waals surface area contributed by atoms with E-state index in [1.807, 2.05) is 36.1 Å². The molecule has 3 aromatic rings. The van der Waals surface area contributed by atoms with Crippen molar-refractivity contribution >= 4 is 16.9 Å². The summed E-state index contributed by atoms with van der Waals surface area (Å²) < 4.78 is 2.07. The lowest BCUT2D eigenvalue weighted by molar-refractivity contribution is -0.130. The van der Waals surface area contributed by atoms with Gasteiger partial charge in [0, 0.05) is 31.6 Å². The summed E-state index contributed by atoms with van der Waals surface area (Å²) in [5, 5.41) is 4.57. The van der Waals surface area contributed by atoms with E-state index < -0.39 is 0 Å². The van der Waals surface area contributed by atoms with Crippen LogP contribution in [0.1, 0.15) is 36.1 Å². The minimum Gasteiger partial charge on any atom is -0.342 e. The number of aromatic nitrogens is 4. The first-order valence-corrected chi connectivity index (χ1v) is 8.84. The molecule has 25 heavy (non-hydrogen) atoms. The number of rotatable bonds is 4. The summed E-state index contributed by atoms with van der Waals surface area (Å²) in [7, 11) is 0. The Morgan fingerprint density at radius 1 is 1.32 bits per heavy atom. The van der Waals surface area contributed by atoms with Crippen LogP contribution in [0.25, 0.3) is 11.0 Å². The lowest BCUT2D eigenvalue weighted by Crippen LogP contribution is -2.29. The molecule has 1 fully saturated rings. The first-order valence-electron chi connectivity index (χ1n) is 8.84. The van der Waals surface area contributed by atoms with Gasteiger partial charge in [-0.25, -0.2) is 4.98 Å². The molecule has 1 unspecified atom stereocenters. The molecule has 0 saturated carbocycles. The van der Waals surface area contributed by atoms with Gasteiger partial charge in [0.1, 0.15) is 5.82 Å². The van der Waals surface area contributed by atoms with Gasteiger partial charge in [0.25, 0.3) is 0 Å². The summed E-state index contributed by atoms with van der Waals surface area (Å²) in [5.41, 5.74) is 4.18. The zero-order valence-corrected chi connectivity index (χ0v) is 14.7. The largest absolute Gasteiger partial charge is 0.342 e. The maximum Gasteiger partial charge on any atom is 0.223 e. The molecule has 6 nitrogen and oxygen atoms in total. The fraction of sp³-hybridized carbons (Fsp3) is 0.421. The average Bonchev–Trinajstić information content (AvgIpc) is 3.30. The molecule has 0 spiro atoms. The van der Waals surface area contributed by atoms with Crippen molar-refractivity contribution in [2.45, 2.75) is 39.2 Å². The van der Waals surface area contributed by atoms with Crippen LogP contribution < -0.4 is 0 Å². The number of benzene rings is 1. The van der Waals surface area contributed by atoms with E-state index in [0.29, 0.717) is 18.9 Å². The molecule has 0 aliphatic carbocycles. The zero-order valence-electron chi connectivity index (χ0n) is 14.7. The number of carbonyl (C=O) groups is 1. The third-order valence-electron chi connectivity index (χ3n) is 4.92. The lowest BCUT2D eigenvalue weighted by Gasteiger charge is -2.17. The van der Waals surface area contributed by atoms with Gasteiger partial charge in [0.15, 0.2) is 0 Å². The van der Waals surface area contributed by atoms with E-state index >= 15 is 0 Å². The highest BCUT2D eigenvalue weighted by atomic mass is 16.2. The Labute approximate surface area is 146 Å². The van der Waals surface area contributed by atoms with Crippen molar-refractivity contribution in [3.05, 3.63) is 47.5 Å². The highest BCUT2D eigenvalue weighted by molar-refractivity contribution is 5.77. The van der Waals surface area contributed by atoms with Gasteiger partial charge in [-0.15, -0.1) is 0 Å². The van der Waals surface area contributed by atoms with Gasteiger partial charge in [-0.05, 0) is 38.5 Å². The lowest BCUT2D eigenvalue weighted by atomic mass is 10.2. The predicted molar refractivity (Wildman–Crippen MR) is 96.3 cm³/mol. The van der Waals surface area contributed by atoms with Crippen LogP contribution in [0.15, 0.2) is 30.3 Å². The number of aromatic amines is 1. The van der Waals surface area contributed by atoms with E-state index in [-0.39, 0.29) is 5.91 Å². The molecule has 1 aliphatic heterocycles. The second-order valence-corrected chi connectivity index (χ2v) is 6.85. The summed E-state index contributed by atoms with van der Waals surface area (Å²) in [6.45, 7) is 5.64. The van der Waals surface area contributed by atoms with Crippen LogP contribution in [0, 0.1) is 13.8 Å². The molecule has 2 aromatic heterocycles. The van der Waals surface area contributed by atoms with Crippen molar-refractivity contribution in [1.29, 1.82) is 0 Å². The minimum absolute atomic E-state index is 0.199. The predicted octanol–water partition coefficient (Wildman–Crippen LogP) is 2.78. The maximum absolute atomic E-state index is 12.6. The summed E-state index contributed by atoms with van der Waals surface area (Å²) >= 11 is 0. The van der Waals surface area contributed by atoms with Gasteiger partial charge < -0.3 is 9.88 Å². The van der Waals surface area contributed by atoms with Crippen molar-refractivity contribution < 1.29 is 4.79 Å². The highest BCUT2D eigenvalue weighted by Gasteiger charge is 2.28. The molecule has 1 saturated heterocycles. The molecule has 1 aliphatic rings. The number of hydrogen-bond acceptors (Lipinski definition) is 3. The van der Waals surface area contributed by atoms with Crippen LogP contribution in [0.2, 0.25) is 0 Å². The Morgan fingerprint density at radius 2 is 2.16 bits per heavy atom. The minimum atomic E-state index is 0.199. The van der Waals surface area contributed by atoms with Crippen LogP contribution in [0.4, 0.5) is 0 Å². The number of carbonyl (C=O) groups excluding carboxylic acids is 1. The zero-order chi connectivity index (χ0) is 17.4. The third kappa shape index (κ3) is 3.16. The van der Waals surface area contributed by atoms with Gasteiger partial charge in [-0.3, -0.25) is 9.48 Å². The van der Waals surface area contributed by atoms with Crippen molar-refractivity contribution in [3.63, 3.8) is 0 Å². The molecule has 1 aromatic carbocycles. The first kappa shape index (κ1) is 15.9. The Bertz CT molecular complexity index is 877. The molecule has 1 atom stereocenters. The van der Waals surface area contributed by atoms with Crippen molar-refractivity contribution in [2.75, 3.05) is 13.1 Å². The first-order chi connectivity index (χ1) is 12.1. The highest BCUT2D eigenvalue weighted by Crippen LogP contribution is 2.24. The molecule has 1 N–H and O–H groups in total. The monoisotopic (exact) mass is 337 g/mol. The Hall–Kier alpha value is -2.63. The summed E-state index contributed by atoms with van der Waals surface area (Å²) in [6.07, 6.45) is 2.11. The number of H-pyrrole nitrogens is 1. The molecule has 0 radical (unpaired) electrons. The normalized spacial score (nSPS) is 17.5. The number of imidazole rings is 1. The molecule has 6 heteroatoms. The van der Waals surface area contributed by atoms with E-state index in [2.05, 4.69) is 32.7 Å². The van der Waals surface area contributed by atoms with Crippen molar-refractivity contribution in [1.82, 2.24) is 24.6 Å². The summed E-state index contributed by atoms with van der Waals surface area (Å²) in [6, 6.07) is 10.3. The van der Waals surface area contributed by atoms with E-state index in [1.165, 1.54) is 5.69 Å². The fourth-order valence-corrected chi connectivity index (χ4v) is 3.69. The second-order valence-electron chi connectivity index (χ2n) is 6.85. The van der Waals surface area contributed by atoms with Gasteiger partial charge in [-0.1, -0.05) is 12.1 Å². The van der Waals surface area contributed by atoms with Gasteiger partial charge in [0.2, 0.25) is 5.91 Å². The quantitative estimate of drug-likeness (QED) is 0.796. The van der Waals surface area contributed by atoms with Crippen LogP contribution in [-0.2, 0) is 11.2 Å². The molecule has 3 heterocycles. The summed E-state index contributed by atoms with van der Waals surface area (Å²) in [5.74, 6) is 1.08. The number of nitrogens with zero attached hydrogens (tertiary/aromatic N) is 4. The third-order valence-corrected chi connectivity index (χ3v) is 4.92. The van der Waals surface area contributed by atoms with Crippen molar-refractivity contribution in [3.8, 4) is 0 Å². The number of likely N-dealkylation sites (tertiary alicyclic amines) is 1.